The van der Waals surface area contributed by atoms with Crippen molar-refractivity contribution in [3.8, 4) is 5.75 Å². The monoisotopic (exact) mass is 293 g/mol. The topological polar surface area (TPSA) is 46.6 Å². The zero-order valence-electron chi connectivity index (χ0n) is 12.0. The molecule has 0 aliphatic carbocycles. The third-order valence-corrected chi connectivity index (χ3v) is 4.19. The number of carbonyl (C=O) groups excluding carboxylic acids is 2. The van der Waals surface area contributed by atoms with Gasteiger partial charge in [-0.1, -0.05) is 13.8 Å². The van der Waals surface area contributed by atoms with Gasteiger partial charge in [-0.2, -0.15) is 0 Å². The van der Waals surface area contributed by atoms with E-state index in [0.717, 1.165) is 5.75 Å². The second kappa shape index (κ2) is 6.31. The molecule has 1 fully saturated rings. The van der Waals surface area contributed by atoms with Crippen LogP contribution in [-0.4, -0.2) is 28.9 Å². The summed E-state index contributed by atoms with van der Waals surface area (Å²) in [6.07, 6.45) is 0.287. The number of imide groups is 1. The number of thioether (sulfide) groups is 1. The fourth-order valence-corrected chi connectivity index (χ4v) is 3.29. The van der Waals surface area contributed by atoms with E-state index in [9.17, 15) is 9.59 Å². The Balaban J connectivity index is 2.15. The fourth-order valence-electron chi connectivity index (χ4n) is 2.17. The van der Waals surface area contributed by atoms with Crippen LogP contribution in [0.5, 0.6) is 5.75 Å². The van der Waals surface area contributed by atoms with Crippen molar-refractivity contribution in [3.63, 3.8) is 0 Å². The normalized spacial score (nSPS) is 19.0. The van der Waals surface area contributed by atoms with E-state index in [4.69, 9.17) is 4.74 Å². The van der Waals surface area contributed by atoms with Gasteiger partial charge >= 0.3 is 0 Å². The molecular formula is C15H19NO3S. The first-order chi connectivity index (χ1) is 9.52. The first-order valence-corrected chi connectivity index (χ1v) is 7.72. The quantitative estimate of drug-likeness (QED) is 0.783. The molecule has 2 amide bonds. The minimum Gasteiger partial charge on any atom is -0.494 e. The Bertz CT molecular complexity index is 498. The predicted octanol–water partition coefficient (Wildman–Crippen LogP) is 2.86. The molecule has 5 heteroatoms. The van der Waals surface area contributed by atoms with Gasteiger partial charge in [0, 0.05) is 6.42 Å². The Morgan fingerprint density at radius 1 is 1.30 bits per heavy atom. The molecule has 2 rings (SSSR count). The van der Waals surface area contributed by atoms with Crippen LogP contribution < -0.4 is 9.64 Å². The molecule has 0 radical (unpaired) electrons. The molecule has 1 heterocycles. The lowest BCUT2D eigenvalue weighted by molar-refractivity contribution is -0.121. The third-order valence-electron chi connectivity index (χ3n) is 2.95. The Labute approximate surface area is 123 Å². The SMILES string of the molecule is CCOc1ccc(N2C(=O)CC(SC(C)C)C2=O)cc1. The fraction of sp³-hybridized carbons (Fsp3) is 0.467. The molecule has 1 aromatic rings. The molecule has 0 N–H and O–H groups in total. The average molecular weight is 293 g/mol. The van der Waals surface area contributed by atoms with Crippen LogP contribution in [0.3, 0.4) is 0 Å². The van der Waals surface area contributed by atoms with Gasteiger partial charge in [-0.3, -0.25) is 9.59 Å². The van der Waals surface area contributed by atoms with Crippen LogP contribution in [-0.2, 0) is 9.59 Å². The highest BCUT2D eigenvalue weighted by Gasteiger charge is 2.40. The van der Waals surface area contributed by atoms with Crippen LogP contribution in [0.1, 0.15) is 27.2 Å². The summed E-state index contributed by atoms with van der Waals surface area (Å²) >= 11 is 1.55. The van der Waals surface area contributed by atoms with Gasteiger partial charge in [0.25, 0.3) is 0 Å². The molecule has 0 spiro atoms. The smallest absolute Gasteiger partial charge is 0.247 e. The van der Waals surface area contributed by atoms with Crippen LogP contribution in [0.25, 0.3) is 0 Å². The van der Waals surface area contributed by atoms with Crippen molar-refractivity contribution < 1.29 is 14.3 Å². The summed E-state index contributed by atoms with van der Waals surface area (Å²) in [6, 6.07) is 7.07. The van der Waals surface area contributed by atoms with Crippen LogP contribution in [0.15, 0.2) is 24.3 Å². The van der Waals surface area contributed by atoms with Crippen molar-refractivity contribution in [2.45, 2.75) is 37.7 Å². The summed E-state index contributed by atoms with van der Waals surface area (Å²) in [5.41, 5.74) is 0.621. The number of amides is 2. The molecule has 1 saturated heterocycles. The van der Waals surface area contributed by atoms with E-state index >= 15 is 0 Å². The lowest BCUT2D eigenvalue weighted by Crippen LogP contribution is -2.31. The molecule has 4 nitrogen and oxygen atoms in total. The minimum atomic E-state index is -0.255. The van der Waals surface area contributed by atoms with Crippen molar-refractivity contribution in [1.29, 1.82) is 0 Å². The standard InChI is InChI=1S/C15H19NO3S/c1-4-19-12-7-5-11(6-8-12)16-14(17)9-13(15(16)18)20-10(2)3/h5-8,10,13H,4,9H2,1-3H3. The molecule has 1 aliphatic heterocycles. The summed E-state index contributed by atoms with van der Waals surface area (Å²) in [4.78, 5) is 25.7. The minimum absolute atomic E-state index is 0.113. The maximum absolute atomic E-state index is 12.3. The van der Waals surface area contributed by atoms with E-state index in [1.807, 2.05) is 20.8 Å². The number of nitrogens with zero attached hydrogens (tertiary/aromatic N) is 1. The molecule has 1 aromatic carbocycles. The Morgan fingerprint density at radius 3 is 2.50 bits per heavy atom. The van der Waals surface area contributed by atoms with Crippen molar-refractivity contribution in [2.75, 3.05) is 11.5 Å². The molecule has 0 bridgehead atoms. The number of hydrogen-bond donors (Lipinski definition) is 0. The highest BCUT2D eigenvalue weighted by Crippen LogP contribution is 2.32. The van der Waals surface area contributed by atoms with Gasteiger partial charge in [0.2, 0.25) is 11.8 Å². The van der Waals surface area contributed by atoms with Crippen LogP contribution in [0.4, 0.5) is 5.69 Å². The van der Waals surface area contributed by atoms with Crippen LogP contribution in [0.2, 0.25) is 0 Å². The largest absolute Gasteiger partial charge is 0.494 e. The van der Waals surface area contributed by atoms with Crippen molar-refractivity contribution >= 4 is 29.3 Å². The number of ether oxygens (including phenoxy) is 1. The maximum Gasteiger partial charge on any atom is 0.247 e. The zero-order valence-corrected chi connectivity index (χ0v) is 12.8. The second-order valence-electron chi connectivity index (χ2n) is 4.87. The van der Waals surface area contributed by atoms with E-state index < -0.39 is 0 Å². The molecule has 20 heavy (non-hydrogen) atoms. The van der Waals surface area contributed by atoms with Gasteiger partial charge in [-0.25, -0.2) is 4.90 Å². The lowest BCUT2D eigenvalue weighted by atomic mass is 10.3. The zero-order chi connectivity index (χ0) is 14.7. The summed E-state index contributed by atoms with van der Waals surface area (Å²) in [5, 5.41) is 0.0751. The number of rotatable bonds is 5. The van der Waals surface area contributed by atoms with Gasteiger partial charge < -0.3 is 4.74 Å². The van der Waals surface area contributed by atoms with Gasteiger partial charge in [0.05, 0.1) is 17.5 Å². The van der Waals surface area contributed by atoms with Gasteiger partial charge in [-0.15, -0.1) is 11.8 Å². The molecule has 0 saturated carbocycles. The van der Waals surface area contributed by atoms with E-state index in [1.54, 1.807) is 36.0 Å². The summed E-state index contributed by atoms with van der Waals surface area (Å²) in [6.45, 7) is 6.56. The van der Waals surface area contributed by atoms with Crippen LogP contribution in [0, 0.1) is 0 Å². The average Bonchev–Trinajstić information content (AvgIpc) is 2.65. The highest BCUT2D eigenvalue weighted by molar-refractivity contribution is 8.01. The van der Waals surface area contributed by atoms with E-state index in [2.05, 4.69) is 0 Å². The summed E-state index contributed by atoms with van der Waals surface area (Å²) in [5.74, 6) is 0.499. The van der Waals surface area contributed by atoms with Gasteiger partial charge in [-0.05, 0) is 36.4 Å². The summed E-state index contributed by atoms with van der Waals surface area (Å²) in [7, 11) is 0. The van der Waals surface area contributed by atoms with Gasteiger partial charge in [0.1, 0.15) is 5.75 Å². The van der Waals surface area contributed by atoms with Crippen molar-refractivity contribution in [3.05, 3.63) is 24.3 Å². The van der Waals surface area contributed by atoms with Gasteiger partial charge in [0.15, 0.2) is 0 Å². The Hall–Kier alpha value is -1.49. The predicted molar refractivity (Wildman–Crippen MR) is 81.2 cm³/mol. The number of benzene rings is 1. The Morgan fingerprint density at radius 2 is 1.95 bits per heavy atom. The number of carbonyl (C=O) groups is 2. The molecule has 1 atom stereocenters. The molecular weight excluding hydrogens is 274 g/mol. The molecule has 108 valence electrons. The number of hydrogen-bond acceptors (Lipinski definition) is 4. The Kier molecular flexibility index (Phi) is 4.70. The maximum atomic E-state index is 12.3. The van der Waals surface area contributed by atoms with Crippen LogP contribution >= 0.6 is 11.8 Å². The lowest BCUT2D eigenvalue weighted by Gasteiger charge is -2.16. The second-order valence-corrected chi connectivity index (χ2v) is 6.66. The third kappa shape index (κ3) is 3.15. The summed E-state index contributed by atoms with van der Waals surface area (Å²) < 4.78 is 5.36. The van der Waals surface area contributed by atoms with Crippen molar-refractivity contribution in [1.82, 2.24) is 0 Å². The van der Waals surface area contributed by atoms with E-state index in [-0.39, 0.29) is 23.5 Å². The van der Waals surface area contributed by atoms with Crippen molar-refractivity contribution in [2.24, 2.45) is 0 Å². The number of anilines is 1. The molecule has 1 aliphatic rings. The first-order valence-electron chi connectivity index (χ1n) is 6.78. The highest BCUT2D eigenvalue weighted by atomic mass is 32.2. The van der Waals surface area contributed by atoms with E-state index in [1.165, 1.54) is 4.90 Å². The molecule has 0 aromatic heterocycles. The van der Waals surface area contributed by atoms with E-state index in [0.29, 0.717) is 17.5 Å². The first kappa shape index (κ1) is 14.9. The molecule has 1 unspecified atom stereocenters.